The van der Waals surface area contributed by atoms with Crippen LogP contribution in [-0.2, 0) is 0 Å². The summed E-state index contributed by atoms with van der Waals surface area (Å²) in [5.41, 5.74) is 1.46. The number of aromatic nitrogens is 2. The number of ketones is 1. The quantitative estimate of drug-likeness (QED) is 0.795. The van der Waals surface area contributed by atoms with Crippen molar-refractivity contribution in [3.8, 4) is 0 Å². The molecular formula is C16H20N4O. The monoisotopic (exact) mass is 284 g/mol. The molecule has 0 radical (unpaired) electrons. The third-order valence-corrected chi connectivity index (χ3v) is 2.87. The molecule has 110 valence electrons. The van der Waals surface area contributed by atoms with E-state index in [-0.39, 0.29) is 5.78 Å². The maximum Gasteiger partial charge on any atom is 0.229 e. The number of anilines is 3. The van der Waals surface area contributed by atoms with Gasteiger partial charge in [-0.25, -0.2) is 4.98 Å². The van der Waals surface area contributed by atoms with Crippen molar-refractivity contribution in [3.63, 3.8) is 0 Å². The average Bonchev–Trinajstić information content (AvgIpc) is 2.46. The van der Waals surface area contributed by atoms with Crippen molar-refractivity contribution >= 4 is 23.2 Å². The van der Waals surface area contributed by atoms with Crippen LogP contribution in [0.15, 0.2) is 36.5 Å². The van der Waals surface area contributed by atoms with Gasteiger partial charge in [-0.15, -0.1) is 0 Å². The van der Waals surface area contributed by atoms with Crippen LogP contribution in [0.5, 0.6) is 0 Å². The largest absolute Gasteiger partial charge is 0.370 e. The Morgan fingerprint density at radius 2 is 2.10 bits per heavy atom. The smallest absolute Gasteiger partial charge is 0.229 e. The minimum absolute atomic E-state index is 0.0342. The third kappa shape index (κ3) is 4.56. The van der Waals surface area contributed by atoms with E-state index in [0.29, 0.717) is 17.4 Å². The van der Waals surface area contributed by atoms with E-state index in [1.807, 2.05) is 18.2 Å². The second kappa shape index (κ2) is 6.83. The Bertz CT molecular complexity index is 625. The highest BCUT2D eigenvalue weighted by molar-refractivity contribution is 5.95. The zero-order valence-electron chi connectivity index (χ0n) is 12.6. The Hall–Kier alpha value is -2.43. The van der Waals surface area contributed by atoms with E-state index in [1.165, 1.54) is 0 Å². The summed E-state index contributed by atoms with van der Waals surface area (Å²) in [7, 11) is 0. The van der Waals surface area contributed by atoms with Crippen LogP contribution in [0.2, 0.25) is 0 Å². The van der Waals surface area contributed by atoms with Crippen LogP contribution in [0.25, 0.3) is 0 Å². The van der Waals surface area contributed by atoms with Gasteiger partial charge in [-0.2, -0.15) is 4.98 Å². The van der Waals surface area contributed by atoms with E-state index in [2.05, 4.69) is 34.4 Å². The molecule has 5 nitrogen and oxygen atoms in total. The fraction of sp³-hybridized carbons (Fsp3) is 0.312. The minimum atomic E-state index is 0.0342. The van der Waals surface area contributed by atoms with Crippen LogP contribution in [0.3, 0.4) is 0 Å². The van der Waals surface area contributed by atoms with Gasteiger partial charge < -0.3 is 10.6 Å². The molecule has 1 aromatic carbocycles. The summed E-state index contributed by atoms with van der Waals surface area (Å²) < 4.78 is 0. The summed E-state index contributed by atoms with van der Waals surface area (Å²) in [4.78, 5) is 20.0. The molecule has 2 aromatic rings. The van der Waals surface area contributed by atoms with Crippen molar-refractivity contribution in [2.24, 2.45) is 5.92 Å². The van der Waals surface area contributed by atoms with E-state index in [4.69, 9.17) is 0 Å². The summed E-state index contributed by atoms with van der Waals surface area (Å²) in [5, 5.41) is 6.37. The van der Waals surface area contributed by atoms with Crippen molar-refractivity contribution in [3.05, 3.63) is 42.1 Å². The summed E-state index contributed by atoms with van der Waals surface area (Å²) in [6.07, 6.45) is 1.70. The van der Waals surface area contributed by atoms with Crippen molar-refractivity contribution in [2.45, 2.75) is 20.8 Å². The number of hydrogen-bond acceptors (Lipinski definition) is 5. The van der Waals surface area contributed by atoms with Gasteiger partial charge in [0.05, 0.1) is 0 Å². The lowest BCUT2D eigenvalue weighted by molar-refractivity contribution is 0.101. The van der Waals surface area contributed by atoms with Crippen molar-refractivity contribution in [1.82, 2.24) is 9.97 Å². The Labute approximate surface area is 124 Å². The lowest BCUT2D eigenvalue weighted by atomic mass is 10.1. The maximum atomic E-state index is 11.4. The molecule has 0 bridgehead atoms. The number of rotatable bonds is 6. The van der Waals surface area contributed by atoms with Crippen molar-refractivity contribution in [1.29, 1.82) is 0 Å². The summed E-state index contributed by atoms with van der Waals surface area (Å²) in [6, 6.07) is 9.12. The Morgan fingerprint density at radius 1 is 1.29 bits per heavy atom. The van der Waals surface area contributed by atoms with Crippen LogP contribution in [0, 0.1) is 5.92 Å². The van der Waals surface area contributed by atoms with Crippen LogP contribution in [0.1, 0.15) is 31.1 Å². The number of carbonyl (C=O) groups is 1. The predicted molar refractivity (Wildman–Crippen MR) is 85.1 cm³/mol. The van der Waals surface area contributed by atoms with Gasteiger partial charge in [0.2, 0.25) is 5.95 Å². The first-order chi connectivity index (χ1) is 10.0. The van der Waals surface area contributed by atoms with Crippen LogP contribution < -0.4 is 10.6 Å². The number of hydrogen-bond donors (Lipinski definition) is 2. The second-order valence-electron chi connectivity index (χ2n) is 5.30. The van der Waals surface area contributed by atoms with Gasteiger partial charge in [-0.3, -0.25) is 4.79 Å². The Kier molecular flexibility index (Phi) is 4.87. The molecule has 1 heterocycles. The molecule has 0 aliphatic heterocycles. The first-order valence-corrected chi connectivity index (χ1v) is 6.99. The molecule has 21 heavy (non-hydrogen) atoms. The van der Waals surface area contributed by atoms with Crippen LogP contribution >= 0.6 is 0 Å². The molecule has 1 aromatic heterocycles. The molecule has 5 heteroatoms. The lowest BCUT2D eigenvalue weighted by Crippen LogP contribution is -2.10. The zero-order valence-corrected chi connectivity index (χ0v) is 12.6. The van der Waals surface area contributed by atoms with Gasteiger partial charge in [-0.05, 0) is 31.0 Å². The number of Topliss-reactive ketones (excluding diaryl/α,β-unsaturated/α-hetero) is 1. The fourth-order valence-corrected chi connectivity index (χ4v) is 1.77. The number of nitrogens with one attached hydrogen (secondary N) is 2. The highest BCUT2D eigenvalue weighted by atomic mass is 16.1. The first kappa shape index (κ1) is 15.0. The highest BCUT2D eigenvalue weighted by Crippen LogP contribution is 2.16. The molecule has 2 N–H and O–H groups in total. The van der Waals surface area contributed by atoms with E-state index in [1.54, 1.807) is 25.3 Å². The Morgan fingerprint density at radius 3 is 2.81 bits per heavy atom. The summed E-state index contributed by atoms with van der Waals surface area (Å²) >= 11 is 0. The Balaban J connectivity index is 2.10. The van der Waals surface area contributed by atoms with Gasteiger partial charge in [0.15, 0.2) is 5.78 Å². The third-order valence-electron chi connectivity index (χ3n) is 2.87. The van der Waals surface area contributed by atoms with Gasteiger partial charge in [-0.1, -0.05) is 26.0 Å². The summed E-state index contributed by atoms with van der Waals surface area (Å²) in [6.45, 7) is 6.68. The van der Waals surface area contributed by atoms with Crippen molar-refractivity contribution < 1.29 is 4.79 Å². The predicted octanol–water partition coefficient (Wildman–Crippen LogP) is 3.49. The minimum Gasteiger partial charge on any atom is -0.370 e. The maximum absolute atomic E-state index is 11.4. The standard InChI is InChI=1S/C16H20N4O/c1-11(2)10-18-15-7-8-17-16(20-15)19-14-6-4-5-13(9-14)12(3)21/h4-9,11H,10H2,1-3H3,(H2,17,18,19,20). The fourth-order valence-electron chi connectivity index (χ4n) is 1.77. The molecule has 0 saturated carbocycles. The zero-order chi connectivity index (χ0) is 15.2. The lowest BCUT2D eigenvalue weighted by Gasteiger charge is -2.10. The van der Waals surface area contributed by atoms with Gasteiger partial charge in [0.25, 0.3) is 0 Å². The molecule has 0 saturated heterocycles. The van der Waals surface area contributed by atoms with Crippen LogP contribution in [-0.4, -0.2) is 22.3 Å². The molecule has 0 atom stereocenters. The molecule has 2 rings (SSSR count). The topological polar surface area (TPSA) is 66.9 Å². The molecule has 0 unspecified atom stereocenters. The van der Waals surface area contributed by atoms with Gasteiger partial charge in [0, 0.05) is 24.0 Å². The molecule has 0 fully saturated rings. The highest BCUT2D eigenvalue weighted by Gasteiger charge is 2.03. The first-order valence-electron chi connectivity index (χ1n) is 6.99. The molecular weight excluding hydrogens is 264 g/mol. The van der Waals surface area contributed by atoms with Crippen molar-refractivity contribution in [2.75, 3.05) is 17.2 Å². The van der Waals surface area contributed by atoms with Gasteiger partial charge >= 0.3 is 0 Å². The number of carbonyl (C=O) groups excluding carboxylic acids is 1. The average molecular weight is 284 g/mol. The number of benzene rings is 1. The van der Waals surface area contributed by atoms with Gasteiger partial charge in [0.1, 0.15) is 5.82 Å². The molecule has 0 spiro atoms. The van der Waals surface area contributed by atoms with E-state index in [0.717, 1.165) is 18.1 Å². The second-order valence-corrected chi connectivity index (χ2v) is 5.30. The van der Waals surface area contributed by atoms with E-state index in [9.17, 15) is 4.79 Å². The number of nitrogens with zero attached hydrogens (tertiary/aromatic N) is 2. The molecule has 0 aliphatic carbocycles. The van der Waals surface area contributed by atoms with E-state index >= 15 is 0 Å². The SMILES string of the molecule is CC(=O)c1cccc(Nc2nccc(NCC(C)C)n2)c1. The van der Waals surface area contributed by atoms with Crippen LogP contribution in [0.4, 0.5) is 17.5 Å². The summed E-state index contributed by atoms with van der Waals surface area (Å²) in [5.74, 6) is 1.86. The van der Waals surface area contributed by atoms with E-state index < -0.39 is 0 Å². The molecule has 0 amide bonds. The molecule has 0 aliphatic rings. The normalized spacial score (nSPS) is 10.5.